The van der Waals surface area contributed by atoms with E-state index < -0.39 is 0 Å². The lowest BCUT2D eigenvalue weighted by Crippen LogP contribution is -2.15. The average Bonchev–Trinajstić information content (AvgIpc) is 2.13. The van der Waals surface area contributed by atoms with E-state index in [9.17, 15) is 0 Å². The van der Waals surface area contributed by atoms with Gasteiger partial charge in [-0.2, -0.15) is 0 Å². The van der Waals surface area contributed by atoms with Crippen molar-refractivity contribution in [3.63, 3.8) is 0 Å². The Kier molecular flexibility index (Phi) is 9.94. The number of hydrogen-bond donors (Lipinski definition) is 1. The molecule has 0 heterocycles. The molecule has 80 valence electrons. The van der Waals surface area contributed by atoms with Gasteiger partial charge in [0.25, 0.3) is 0 Å². The van der Waals surface area contributed by atoms with Crippen LogP contribution in [0.5, 0.6) is 0 Å². The predicted octanol–water partition coefficient (Wildman–Crippen LogP) is 2.74. The fraction of sp³-hybridized carbons (Fsp3) is 1.00. The van der Waals surface area contributed by atoms with Crippen molar-refractivity contribution in [3.05, 3.63) is 0 Å². The zero-order valence-corrected chi connectivity index (χ0v) is 9.09. The van der Waals surface area contributed by atoms with Crippen LogP contribution in [0, 0.1) is 0 Å². The van der Waals surface area contributed by atoms with Crippen molar-refractivity contribution in [2.24, 2.45) is 0 Å². The summed E-state index contributed by atoms with van der Waals surface area (Å²) < 4.78 is 5.66. The highest BCUT2D eigenvalue weighted by atomic mass is 16.5. The maximum Gasteiger partial charge on any atom is 0.0596 e. The molecule has 0 aliphatic heterocycles. The molecule has 0 radical (unpaired) electrons. The molecule has 0 spiro atoms. The second kappa shape index (κ2) is 10.0. The van der Waals surface area contributed by atoms with E-state index >= 15 is 0 Å². The van der Waals surface area contributed by atoms with Gasteiger partial charge in [0.05, 0.1) is 6.10 Å². The Morgan fingerprint density at radius 1 is 1.08 bits per heavy atom. The zero-order valence-electron chi connectivity index (χ0n) is 9.09. The van der Waals surface area contributed by atoms with E-state index in [1.807, 2.05) is 0 Å². The maximum atomic E-state index is 8.79. The Hall–Kier alpha value is -0.0800. The number of hydrogen-bond acceptors (Lipinski definition) is 2. The summed E-state index contributed by atoms with van der Waals surface area (Å²) >= 11 is 0. The van der Waals surface area contributed by atoms with Crippen LogP contribution >= 0.6 is 0 Å². The highest BCUT2D eigenvalue weighted by molar-refractivity contribution is 4.56. The van der Waals surface area contributed by atoms with Gasteiger partial charge in [0.15, 0.2) is 0 Å². The lowest BCUT2D eigenvalue weighted by atomic mass is 10.1. The topological polar surface area (TPSA) is 29.5 Å². The van der Waals surface area contributed by atoms with Crippen molar-refractivity contribution >= 4 is 0 Å². The molecular formula is C11H24O2. The van der Waals surface area contributed by atoms with E-state index in [2.05, 4.69) is 13.8 Å². The largest absolute Gasteiger partial charge is 0.396 e. The molecule has 0 aromatic heterocycles. The van der Waals surface area contributed by atoms with E-state index in [0.29, 0.717) is 0 Å². The van der Waals surface area contributed by atoms with Gasteiger partial charge in [0.2, 0.25) is 0 Å². The van der Waals surface area contributed by atoms with E-state index in [0.717, 1.165) is 32.3 Å². The van der Waals surface area contributed by atoms with Crippen LogP contribution in [-0.2, 0) is 4.74 Å². The molecule has 13 heavy (non-hydrogen) atoms. The van der Waals surface area contributed by atoms with Crippen molar-refractivity contribution in [1.82, 2.24) is 0 Å². The van der Waals surface area contributed by atoms with Gasteiger partial charge in [-0.25, -0.2) is 0 Å². The first kappa shape index (κ1) is 12.9. The van der Waals surface area contributed by atoms with E-state index in [-0.39, 0.29) is 12.7 Å². The van der Waals surface area contributed by atoms with Crippen LogP contribution < -0.4 is 0 Å². The molecule has 0 fully saturated rings. The summed E-state index contributed by atoms with van der Waals surface area (Å²) in [5.74, 6) is 0. The second-order valence-electron chi connectivity index (χ2n) is 3.50. The number of ether oxygens (including phenoxy) is 1. The second-order valence-corrected chi connectivity index (χ2v) is 3.50. The molecule has 0 aliphatic rings. The molecule has 0 aromatic rings. The molecule has 1 N–H and O–H groups in total. The lowest BCUT2D eigenvalue weighted by Gasteiger charge is -2.15. The zero-order chi connectivity index (χ0) is 9.94. The molecule has 0 saturated carbocycles. The molecule has 0 aliphatic carbocycles. The fourth-order valence-electron chi connectivity index (χ4n) is 1.38. The number of aliphatic hydroxyl groups is 1. The molecule has 0 rings (SSSR count). The van der Waals surface area contributed by atoms with Gasteiger partial charge < -0.3 is 9.84 Å². The van der Waals surface area contributed by atoms with Crippen molar-refractivity contribution in [1.29, 1.82) is 0 Å². The van der Waals surface area contributed by atoms with Crippen LogP contribution in [0.25, 0.3) is 0 Å². The fourth-order valence-corrected chi connectivity index (χ4v) is 1.38. The number of unbranched alkanes of at least 4 members (excludes halogenated alkanes) is 2. The van der Waals surface area contributed by atoms with E-state index in [1.54, 1.807) is 0 Å². The Morgan fingerprint density at radius 2 is 1.85 bits per heavy atom. The summed E-state index contributed by atoms with van der Waals surface area (Å²) in [5, 5.41) is 8.79. The average molecular weight is 188 g/mol. The third-order valence-electron chi connectivity index (χ3n) is 2.16. The molecule has 0 bridgehead atoms. The van der Waals surface area contributed by atoms with Crippen LogP contribution in [0.15, 0.2) is 0 Å². The molecule has 2 nitrogen and oxygen atoms in total. The third-order valence-corrected chi connectivity index (χ3v) is 2.16. The first-order chi connectivity index (χ1) is 6.35. The first-order valence-electron chi connectivity index (χ1n) is 5.57. The summed E-state index contributed by atoms with van der Waals surface area (Å²) in [4.78, 5) is 0. The Bertz CT molecular complexity index is 88.1. The number of aliphatic hydroxyl groups excluding tert-OH is 1. The third kappa shape index (κ3) is 8.26. The highest BCUT2D eigenvalue weighted by Gasteiger charge is 2.06. The summed E-state index contributed by atoms with van der Waals surface area (Å²) in [6.45, 7) is 5.45. The Morgan fingerprint density at radius 3 is 2.38 bits per heavy atom. The molecule has 0 unspecified atom stereocenters. The van der Waals surface area contributed by atoms with Gasteiger partial charge in [-0.15, -0.1) is 0 Å². The molecule has 0 saturated heterocycles. The Labute approximate surface area is 82.3 Å². The summed E-state index contributed by atoms with van der Waals surface area (Å²) in [7, 11) is 0. The van der Waals surface area contributed by atoms with Crippen LogP contribution in [0.2, 0.25) is 0 Å². The van der Waals surface area contributed by atoms with Crippen LogP contribution in [0.3, 0.4) is 0 Å². The van der Waals surface area contributed by atoms with Crippen LogP contribution in [0.4, 0.5) is 0 Å². The van der Waals surface area contributed by atoms with Crippen molar-refractivity contribution in [3.8, 4) is 0 Å². The van der Waals surface area contributed by atoms with Gasteiger partial charge >= 0.3 is 0 Å². The minimum Gasteiger partial charge on any atom is -0.396 e. The van der Waals surface area contributed by atoms with Crippen molar-refractivity contribution < 1.29 is 9.84 Å². The smallest absolute Gasteiger partial charge is 0.0596 e. The molecule has 2 heteroatoms. The Balaban J connectivity index is 3.33. The molecule has 0 aromatic carbocycles. The minimum absolute atomic E-state index is 0.248. The SMILES string of the molecule is CCCCCO[C@@H](CCC)CCO. The standard InChI is InChI=1S/C11H24O2/c1-3-5-6-10-13-11(7-4-2)8-9-12/h11-12H,3-10H2,1-2H3/t11-/m0/s1. The quantitative estimate of drug-likeness (QED) is 0.564. The summed E-state index contributed by atoms with van der Waals surface area (Å²) in [5.41, 5.74) is 0. The summed E-state index contributed by atoms with van der Waals surface area (Å²) in [6, 6.07) is 0. The first-order valence-corrected chi connectivity index (χ1v) is 5.57. The maximum absolute atomic E-state index is 8.79. The minimum atomic E-state index is 0.248. The van der Waals surface area contributed by atoms with E-state index in [1.165, 1.54) is 12.8 Å². The van der Waals surface area contributed by atoms with Gasteiger partial charge in [-0.1, -0.05) is 33.1 Å². The van der Waals surface area contributed by atoms with Gasteiger partial charge in [-0.3, -0.25) is 0 Å². The predicted molar refractivity (Wildman–Crippen MR) is 55.9 cm³/mol. The van der Waals surface area contributed by atoms with Crippen LogP contribution in [0.1, 0.15) is 52.4 Å². The molecule has 1 atom stereocenters. The lowest BCUT2D eigenvalue weighted by molar-refractivity contribution is 0.0279. The van der Waals surface area contributed by atoms with Gasteiger partial charge in [0.1, 0.15) is 0 Å². The molecular weight excluding hydrogens is 164 g/mol. The molecule has 0 amide bonds. The monoisotopic (exact) mass is 188 g/mol. The normalized spacial score (nSPS) is 13.2. The van der Waals surface area contributed by atoms with E-state index in [4.69, 9.17) is 9.84 Å². The van der Waals surface area contributed by atoms with Gasteiger partial charge in [0, 0.05) is 13.2 Å². The highest BCUT2D eigenvalue weighted by Crippen LogP contribution is 2.07. The number of rotatable bonds is 9. The summed E-state index contributed by atoms with van der Waals surface area (Å²) in [6.07, 6.45) is 6.93. The van der Waals surface area contributed by atoms with Crippen molar-refractivity contribution in [2.75, 3.05) is 13.2 Å². The van der Waals surface area contributed by atoms with Crippen molar-refractivity contribution in [2.45, 2.75) is 58.5 Å². The van der Waals surface area contributed by atoms with Crippen LogP contribution in [-0.4, -0.2) is 24.4 Å². The van der Waals surface area contributed by atoms with Gasteiger partial charge in [-0.05, 0) is 19.3 Å².